The average molecular weight is 330 g/mol. The molecule has 1 amide bonds. The average Bonchev–Trinajstić information content (AvgIpc) is 3.33. The number of amides is 1. The van der Waals surface area contributed by atoms with Gasteiger partial charge in [0, 0.05) is 24.1 Å². The highest BCUT2D eigenvalue weighted by Crippen LogP contribution is 2.23. The molecule has 6 nitrogen and oxygen atoms in total. The molecule has 3 heterocycles. The Morgan fingerprint density at radius 3 is 2.52 bits per heavy atom. The van der Waals surface area contributed by atoms with Crippen LogP contribution in [0.25, 0.3) is 17.1 Å². The van der Waals surface area contributed by atoms with Crippen LogP contribution in [0.15, 0.2) is 83.7 Å². The highest BCUT2D eigenvalue weighted by atomic mass is 16.3. The second-order valence-corrected chi connectivity index (χ2v) is 5.33. The smallest absolute Gasteiger partial charge is 0.274 e. The van der Waals surface area contributed by atoms with Crippen molar-refractivity contribution in [3.8, 4) is 17.1 Å². The summed E-state index contributed by atoms with van der Waals surface area (Å²) < 4.78 is 7.01. The third-order valence-corrected chi connectivity index (χ3v) is 3.65. The number of aromatic nitrogens is 3. The maximum absolute atomic E-state index is 12.8. The van der Waals surface area contributed by atoms with E-state index >= 15 is 0 Å². The summed E-state index contributed by atoms with van der Waals surface area (Å²) in [6, 6.07) is 18.3. The van der Waals surface area contributed by atoms with Gasteiger partial charge in [0.05, 0.1) is 12.0 Å². The molecule has 3 aromatic heterocycles. The maximum atomic E-state index is 12.8. The minimum Gasteiger partial charge on any atom is -0.463 e. The topological polar surface area (TPSA) is 73.0 Å². The lowest BCUT2D eigenvalue weighted by atomic mass is 10.2. The predicted octanol–water partition coefficient (Wildman–Crippen LogP) is 3.78. The summed E-state index contributed by atoms with van der Waals surface area (Å²) in [7, 11) is 0. The molecule has 0 atom stereocenters. The van der Waals surface area contributed by atoms with E-state index in [0.29, 0.717) is 22.8 Å². The Labute approximate surface area is 143 Å². The van der Waals surface area contributed by atoms with Gasteiger partial charge in [-0.05, 0) is 36.4 Å². The zero-order valence-corrected chi connectivity index (χ0v) is 13.2. The van der Waals surface area contributed by atoms with Gasteiger partial charge in [0.25, 0.3) is 5.91 Å². The van der Waals surface area contributed by atoms with E-state index in [1.165, 1.54) is 0 Å². The molecule has 0 bridgehead atoms. The zero-order chi connectivity index (χ0) is 17.1. The number of nitrogens with one attached hydrogen (secondary N) is 1. The lowest BCUT2D eigenvalue weighted by Crippen LogP contribution is -2.16. The minimum absolute atomic E-state index is 0.264. The van der Waals surface area contributed by atoms with Crippen molar-refractivity contribution in [1.82, 2.24) is 14.8 Å². The van der Waals surface area contributed by atoms with Gasteiger partial charge in [0.15, 0.2) is 5.76 Å². The van der Waals surface area contributed by atoms with E-state index in [4.69, 9.17) is 4.42 Å². The Kier molecular flexibility index (Phi) is 3.84. The van der Waals surface area contributed by atoms with Crippen molar-refractivity contribution in [2.45, 2.75) is 0 Å². The molecule has 4 rings (SSSR count). The van der Waals surface area contributed by atoms with Gasteiger partial charge in [-0.15, -0.1) is 0 Å². The molecule has 0 saturated heterocycles. The van der Waals surface area contributed by atoms with E-state index in [2.05, 4.69) is 15.4 Å². The highest BCUT2D eigenvalue weighted by Gasteiger charge is 2.18. The Balaban J connectivity index is 1.76. The van der Waals surface area contributed by atoms with E-state index < -0.39 is 0 Å². The van der Waals surface area contributed by atoms with Gasteiger partial charge in [0.1, 0.15) is 11.4 Å². The van der Waals surface area contributed by atoms with E-state index in [1.54, 1.807) is 47.6 Å². The fourth-order valence-electron chi connectivity index (χ4n) is 2.48. The molecule has 0 fully saturated rings. The number of carbonyl (C=O) groups is 1. The summed E-state index contributed by atoms with van der Waals surface area (Å²) in [5, 5.41) is 7.39. The first-order valence-corrected chi connectivity index (χ1v) is 7.72. The molecular weight excluding hydrogens is 316 g/mol. The number of furan rings is 1. The lowest BCUT2D eigenvalue weighted by Gasteiger charge is -2.08. The van der Waals surface area contributed by atoms with Crippen LogP contribution in [0.2, 0.25) is 0 Å². The summed E-state index contributed by atoms with van der Waals surface area (Å²) in [4.78, 5) is 16.7. The van der Waals surface area contributed by atoms with Gasteiger partial charge in [-0.3, -0.25) is 9.78 Å². The van der Waals surface area contributed by atoms with Gasteiger partial charge < -0.3 is 9.73 Å². The maximum Gasteiger partial charge on any atom is 0.274 e. The number of anilines is 1. The summed E-state index contributed by atoms with van der Waals surface area (Å²) in [6.07, 6.45) is 4.82. The van der Waals surface area contributed by atoms with E-state index in [0.717, 1.165) is 5.69 Å². The molecule has 6 heteroatoms. The number of rotatable bonds is 4. The number of para-hydroxylation sites is 1. The molecular formula is C19H14N4O2. The largest absolute Gasteiger partial charge is 0.463 e. The molecule has 1 N–H and O–H groups in total. The molecule has 25 heavy (non-hydrogen) atoms. The fraction of sp³-hybridized carbons (Fsp3) is 0. The van der Waals surface area contributed by atoms with Gasteiger partial charge in [-0.2, -0.15) is 5.10 Å². The lowest BCUT2D eigenvalue weighted by molar-refractivity contribution is 0.101. The van der Waals surface area contributed by atoms with Gasteiger partial charge in [-0.25, -0.2) is 4.68 Å². The number of hydrogen-bond donors (Lipinski definition) is 1. The van der Waals surface area contributed by atoms with Crippen molar-refractivity contribution < 1.29 is 9.21 Å². The molecule has 0 radical (unpaired) electrons. The third-order valence-electron chi connectivity index (χ3n) is 3.65. The number of hydrogen-bond acceptors (Lipinski definition) is 4. The van der Waals surface area contributed by atoms with Gasteiger partial charge >= 0.3 is 0 Å². The van der Waals surface area contributed by atoms with Crippen LogP contribution >= 0.6 is 0 Å². The number of pyridine rings is 1. The van der Waals surface area contributed by atoms with Gasteiger partial charge in [-0.1, -0.05) is 18.2 Å². The van der Waals surface area contributed by atoms with E-state index in [-0.39, 0.29) is 5.91 Å². The van der Waals surface area contributed by atoms with Crippen LogP contribution in [0.3, 0.4) is 0 Å². The van der Waals surface area contributed by atoms with E-state index in [9.17, 15) is 4.79 Å². The monoisotopic (exact) mass is 330 g/mol. The molecule has 0 aliphatic carbocycles. The van der Waals surface area contributed by atoms with Crippen LogP contribution in [0, 0.1) is 0 Å². The van der Waals surface area contributed by atoms with Crippen molar-refractivity contribution >= 4 is 11.6 Å². The normalized spacial score (nSPS) is 10.6. The Morgan fingerprint density at radius 2 is 1.80 bits per heavy atom. The highest BCUT2D eigenvalue weighted by molar-refractivity contribution is 6.04. The zero-order valence-electron chi connectivity index (χ0n) is 13.2. The minimum atomic E-state index is -0.264. The fourth-order valence-corrected chi connectivity index (χ4v) is 2.48. The standard InChI is InChI=1S/C19H14N4O2/c24-19(21-14-8-10-20-11-9-14)17-13-16(18-7-4-12-25-18)22-23(17)15-5-2-1-3-6-15/h1-13H,(H,20,21,24). The molecule has 0 spiro atoms. The van der Waals surface area contributed by atoms with Crippen LogP contribution < -0.4 is 5.32 Å². The number of benzene rings is 1. The van der Waals surface area contributed by atoms with Crippen molar-refractivity contribution in [3.63, 3.8) is 0 Å². The molecule has 1 aromatic carbocycles. The van der Waals surface area contributed by atoms with Crippen LogP contribution in [-0.2, 0) is 0 Å². The third kappa shape index (κ3) is 3.05. The number of carbonyl (C=O) groups excluding carboxylic acids is 1. The Bertz CT molecular complexity index is 977. The summed E-state index contributed by atoms with van der Waals surface area (Å²) in [6.45, 7) is 0. The number of nitrogens with zero attached hydrogens (tertiary/aromatic N) is 3. The summed E-state index contributed by atoms with van der Waals surface area (Å²) >= 11 is 0. The molecule has 0 aliphatic rings. The SMILES string of the molecule is O=C(Nc1ccncc1)c1cc(-c2ccco2)nn1-c1ccccc1. The first-order chi connectivity index (χ1) is 12.3. The second-order valence-electron chi connectivity index (χ2n) is 5.33. The quantitative estimate of drug-likeness (QED) is 0.618. The van der Waals surface area contributed by atoms with Crippen molar-refractivity contribution in [3.05, 3.63) is 85.0 Å². The van der Waals surface area contributed by atoms with Crippen LogP contribution in [0.5, 0.6) is 0 Å². The molecule has 122 valence electrons. The van der Waals surface area contributed by atoms with Crippen LogP contribution in [0.4, 0.5) is 5.69 Å². The summed E-state index contributed by atoms with van der Waals surface area (Å²) in [5.74, 6) is 0.341. The molecule has 0 aliphatic heterocycles. The molecule has 0 saturated carbocycles. The second kappa shape index (κ2) is 6.45. The Morgan fingerprint density at radius 1 is 1.00 bits per heavy atom. The van der Waals surface area contributed by atoms with Crippen LogP contribution in [0.1, 0.15) is 10.5 Å². The van der Waals surface area contributed by atoms with Gasteiger partial charge in [0.2, 0.25) is 0 Å². The van der Waals surface area contributed by atoms with Crippen LogP contribution in [-0.4, -0.2) is 20.7 Å². The first kappa shape index (κ1) is 14.9. The predicted molar refractivity (Wildman–Crippen MR) is 93.5 cm³/mol. The first-order valence-electron chi connectivity index (χ1n) is 7.72. The molecule has 0 unspecified atom stereocenters. The molecule has 4 aromatic rings. The van der Waals surface area contributed by atoms with E-state index in [1.807, 2.05) is 36.4 Å². The summed E-state index contributed by atoms with van der Waals surface area (Å²) in [5.41, 5.74) is 2.46. The van der Waals surface area contributed by atoms with Crippen molar-refractivity contribution in [2.75, 3.05) is 5.32 Å². The van der Waals surface area contributed by atoms with Crippen molar-refractivity contribution in [2.24, 2.45) is 0 Å². The van der Waals surface area contributed by atoms with Crippen molar-refractivity contribution in [1.29, 1.82) is 0 Å². The Hall–Kier alpha value is -3.67.